The molecule has 0 aliphatic carbocycles. The third kappa shape index (κ3) is 4.70. The summed E-state index contributed by atoms with van der Waals surface area (Å²) in [5.41, 5.74) is 1.07. The second-order valence-corrected chi connectivity index (χ2v) is 8.09. The van der Waals surface area contributed by atoms with Gasteiger partial charge in [0.25, 0.3) is 0 Å². The summed E-state index contributed by atoms with van der Waals surface area (Å²) in [7, 11) is 0. The maximum atomic E-state index is 11.8. The Bertz CT molecular complexity index is 606. The van der Waals surface area contributed by atoms with Crippen molar-refractivity contribution < 1.29 is 12.6 Å². The molecule has 7 heteroatoms. The van der Waals surface area contributed by atoms with E-state index < -0.39 is 11.4 Å². The van der Waals surface area contributed by atoms with Crippen LogP contribution in [0.15, 0.2) is 36.4 Å². The molecule has 106 valence electrons. The van der Waals surface area contributed by atoms with Crippen LogP contribution in [0.2, 0.25) is 0 Å². The largest absolute Gasteiger partial charge is 0.417 e. The maximum absolute atomic E-state index is 11.8. The molecule has 0 amide bonds. The van der Waals surface area contributed by atoms with Crippen molar-refractivity contribution in [2.24, 2.45) is 0 Å². The average Bonchev–Trinajstić information content (AvgIpc) is 2.38. The van der Waals surface area contributed by atoms with Gasteiger partial charge in [0, 0.05) is 10.7 Å². The molecule has 1 unspecified atom stereocenters. The summed E-state index contributed by atoms with van der Waals surface area (Å²) in [6.07, 6.45) is 0. The molecule has 0 radical (unpaired) electrons. The Morgan fingerprint density at radius 1 is 0.850 bits per heavy atom. The van der Waals surface area contributed by atoms with Crippen LogP contribution >= 0.6 is 67.8 Å². The van der Waals surface area contributed by atoms with Crippen molar-refractivity contribution >= 4 is 79.1 Å². The molecule has 0 saturated carbocycles. The third-order valence-corrected chi connectivity index (χ3v) is 7.08. The van der Waals surface area contributed by atoms with Gasteiger partial charge in [-0.05, 0) is 117 Å². The molecule has 0 heterocycles. The van der Waals surface area contributed by atoms with Crippen LogP contribution in [0.3, 0.4) is 0 Å². The van der Waals surface area contributed by atoms with E-state index in [-0.39, 0.29) is 0 Å². The van der Waals surface area contributed by atoms with Crippen molar-refractivity contribution in [3.8, 4) is 11.5 Å². The fourth-order valence-corrected chi connectivity index (χ4v) is 3.09. The number of hydrogen-bond donors (Lipinski definition) is 0. The molecule has 1 atom stereocenters. The zero-order valence-corrected chi connectivity index (χ0v) is 17.5. The van der Waals surface area contributed by atoms with Crippen molar-refractivity contribution in [3.05, 3.63) is 52.7 Å². The first-order valence-corrected chi connectivity index (χ1v) is 9.69. The summed E-state index contributed by atoms with van der Waals surface area (Å²) in [5.74, 6) is 1.05. The SMILES string of the molecule is Cc1cc(OS(=O)Oc2ccc(I)c(I)c2)ccc1I. The van der Waals surface area contributed by atoms with Crippen LogP contribution in [0.4, 0.5) is 0 Å². The Labute approximate surface area is 161 Å². The number of hydrogen-bond acceptors (Lipinski definition) is 3. The summed E-state index contributed by atoms with van der Waals surface area (Å²) < 4.78 is 25.7. The molecule has 2 rings (SSSR count). The van der Waals surface area contributed by atoms with E-state index >= 15 is 0 Å². The standard InChI is InChI=1S/C13H9I3O3S/c1-8-6-9(2-4-11(8)14)18-20(17)19-10-3-5-12(15)13(16)7-10/h2-7H,1H3. The van der Waals surface area contributed by atoms with Gasteiger partial charge in [0.1, 0.15) is 11.5 Å². The maximum Gasteiger partial charge on any atom is 0.417 e. The minimum absolute atomic E-state index is 0.524. The van der Waals surface area contributed by atoms with Gasteiger partial charge in [-0.25, -0.2) is 0 Å². The first-order valence-electron chi connectivity index (χ1n) is 5.45. The van der Waals surface area contributed by atoms with E-state index in [4.69, 9.17) is 8.37 Å². The predicted molar refractivity (Wildman–Crippen MR) is 105 cm³/mol. The van der Waals surface area contributed by atoms with Crippen molar-refractivity contribution in [3.63, 3.8) is 0 Å². The van der Waals surface area contributed by atoms with Gasteiger partial charge >= 0.3 is 11.4 Å². The molecule has 3 nitrogen and oxygen atoms in total. The van der Waals surface area contributed by atoms with Crippen molar-refractivity contribution in [2.45, 2.75) is 6.92 Å². The van der Waals surface area contributed by atoms with Crippen LogP contribution in [0, 0.1) is 17.6 Å². The van der Waals surface area contributed by atoms with Gasteiger partial charge in [-0.2, -0.15) is 4.21 Å². The molecule has 0 fully saturated rings. The van der Waals surface area contributed by atoms with Crippen LogP contribution in [0.5, 0.6) is 11.5 Å². The minimum atomic E-state index is -1.86. The van der Waals surface area contributed by atoms with Crippen molar-refractivity contribution in [1.82, 2.24) is 0 Å². The highest BCUT2D eigenvalue weighted by atomic mass is 127. The monoisotopic (exact) mass is 626 g/mol. The highest BCUT2D eigenvalue weighted by Gasteiger charge is 2.08. The Kier molecular flexibility index (Phi) is 6.35. The quantitative estimate of drug-likeness (QED) is 0.456. The lowest BCUT2D eigenvalue weighted by atomic mass is 10.2. The third-order valence-electron chi connectivity index (χ3n) is 2.35. The van der Waals surface area contributed by atoms with Gasteiger partial charge in [-0.3, -0.25) is 0 Å². The fraction of sp³-hybridized carbons (Fsp3) is 0.0769. The summed E-state index contributed by atoms with van der Waals surface area (Å²) in [4.78, 5) is 0. The Morgan fingerprint density at radius 3 is 1.95 bits per heavy atom. The van der Waals surface area contributed by atoms with Gasteiger partial charge in [0.2, 0.25) is 0 Å². The lowest BCUT2D eigenvalue weighted by molar-refractivity contribution is 0.461. The summed E-state index contributed by atoms with van der Waals surface area (Å²) in [6.45, 7) is 1.97. The van der Waals surface area contributed by atoms with Gasteiger partial charge in [-0.15, -0.1) is 0 Å². The molecule has 2 aromatic carbocycles. The number of rotatable bonds is 4. The van der Waals surface area contributed by atoms with Crippen LogP contribution in [0.25, 0.3) is 0 Å². The highest BCUT2D eigenvalue weighted by molar-refractivity contribution is 14.1. The summed E-state index contributed by atoms with van der Waals surface area (Å²) in [6, 6.07) is 11.0. The average molecular weight is 626 g/mol. The van der Waals surface area contributed by atoms with Crippen LogP contribution < -0.4 is 8.37 Å². The Morgan fingerprint density at radius 2 is 1.40 bits per heavy atom. The van der Waals surface area contributed by atoms with E-state index in [0.717, 1.165) is 16.3 Å². The molecule has 0 aliphatic heterocycles. The van der Waals surface area contributed by atoms with E-state index in [1.54, 1.807) is 12.1 Å². The zero-order valence-electron chi connectivity index (χ0n) is 10.2. The lowest BCUT2D eigenvalue weighted by Crippen LogP contribution is -2.08. The van der Waals surface area contributed by atoms with E-state index in [2.05, 4.69) is 67.8 Å². The van der Waals surface area contributed by atoms with Gasteiger partial charge in [0.15, 0.2) is 0 Å². The molecule has 0 N–H and O–H groups in total. The fourth-order valence-electron chi connectivity index (χ4n) is 1.37. The topological polar surface area (TPSA) is 35.5 Å². The number of halogens is 3. The van der Waals surface area contributed by atoms with Crippen molar-refractivity contribution in [1.29, 1.82) is 0 Å². The molecular formula is C13H9I3O3S. The smallest absolute Gasteiger partial charge is 0.371 e. The van der Waals surface area contributed by atoms with Crippen LogP contribution in [-0.4, -0.2) is 4.21 Å². The van der Waals surface area contributed by atoms with E-state index in [0.29, 0.717) is 11.5 Å². The normalized spacial score (nSPS) is 12.0. The Balaban J connectivity index is 2.04. The lowest BCUT2D eigenvalue weighted by Gasteiger charge is -2.07. The Hall–Kier alpha value is 0.380. The first-order chi connectivity index (χ1) is 9.45. The summed E-state index contributed by atoms with van der Waals surface area (Å²) >= 11 is 4.80. The molecule has 0 aliphatic rings. The zero-order chi connectivity index (χ0) is 14.7. The first kappa shape index (κ1) is 16.7. The minimum Gasteiger partial charge on any atom is -0.371 e. The van der Waals surface area contributed by atoms with Crippen molar-refractivity contribution in [2.75, 3.05) is 0 Å². The molecule has 0 bridgehead atoms. The predicted octanol–water partition coefficient (Wildman–Crippen LogP) is 4.85. The van der Waals surface area contributed by atoms with Gasteiger partial charge in [0.05, 0.1) is 0 Å². The van der Waals surface area contributed by atoms with Gasteiger partial charge in [-0.1, -0.05) is 0 Å². The number of aryl methyl sites for hydroxylation is 1. The summed E-state index contributed by atoms with van der Waals surface area (Å²) in [5, 5.41) is 0. The molecular weight excluding hydrogens is 617 g/mol. The van der Waals surface area contributed by atoms with E-state index in [1.165, 1.54) is 0 Å². The highest BCUT2D eigenvalue weighted by Crippen LogP contribution is 2.23. The van der Waals surface area contributed by atoms with Crippen LogP contribution in [0.1, 0.15) is 5.56 Å². The van der Waals surface area contributed by atoms with E-state index in [9.17, 15) is 4.21 Å². The number of benzene rings is 2. The van der Waals surface area contributed by atoms with Gasteiger partial charge < -0.3 is 8.37 Å². The molecule has 2 aromatic rings. The second kappa shape index (κ2) is 7.58. The molecule has 0 aromatic heterocycles. The molecule has 0 saturated heterocycles. The van der Waals surface area contributed by atoms with E-state index in [1.807, 2.05) is 31.2 Å². The molecule has 20 heavy (non-hydrogen) atoms. The second-order valence-electron chi connectivity index (χ2n) is 3.86. The van der Waals surface area contributed by atoms with Crippen LogP contribution in [-0.2, 0) is 11.4 Å². The molecule has 0 spiro atoms.